The standard InChI is InChI=1S/C18H24F3N5S/c1-4-22-17(24-11-16-25-15(12-27-16)18(19,20)21)23-10-14(26(2)3)13-8-6-5-7-9-13/h5-9,12,14H,4,10-11H2,1-3H3,(H2,22,23,24). The first kappa shape index (κ1) is 21.2. The minimum absolute atomic E-state index is 0.0913. The Bertz CT molecular complexity index is 728. The molecule has 0 amide bonds. The van der Waals surface area contributed by atoms with Crippen LogP contribution in [0.3, 0.4) is 0 Å². The first-order chi connectivity index (χ1) is 12.8. The Labute approximate surface area is 161 Å². The number of hydrogen-bond donors (Lipinski definition) is 2. The first-order valence-electron chi connectivity index (χ1n) is 8.56. The van der Waals surface area contributed by atoms with E-state index in [9.17, 15) is 13.2 Å². The fraction of sp³-hybridized carbons (Fsp3) is 0.444. The molecule has 1 aromatic carbocycles. The van der Waals surface area contributed by atoms with Gasteiger partial charge in [-0.25, -0.2) is 9.98 Å². The lowest BCUT2D eigenvalue weighted by Gasteiger charge is -2.26. The maximum absolute atomic E-state index is 12.6. The van der Waals surface area contributed by atoms with Crippen LogP contribution in [0.25, 0.3) is 0 Å². The number of hydrogen-bond acceptors (Lipinski definition) is 4. The van der Waals surface area contributed by atoms with Gasteiger partial charge in [0.1, 0.15) is 5.01 Å². The van der Waals surface area contributed by atoms with Gasteiger partial charge in [0.05, 0.1) is 12.6 Å². The number of benzene rings is 1. The maximum atomic E-state index is 12.6. The van der Waals surface area contributed by atoms with Crippen LogP contribution in [0.1, 0.15) is 29.2 Å². The molecule has 0 radical (unpaired) electrons. The van der Waals surface area contributed by atoms with Crippen molar-refractivity contribution in [2.45, 2.75) is 25.7 Å². The smallest absolute Gasteiger partial charge is 0.357 e. The Morgan fingerprint density at radius 2 is 1.93 bits per heavy atom. The Kier molecular flexibility index (Phi) is 7.61. The molecule has 0 bridgehead atoms. The van der Waals surface area contributed by atoms with E-state index in [0.29, 0.717) is 24.1 Å². The van der Waals surface area contributed by atoms with Crippen LogP contribution >= 0.6 is 11.3 Å². The number of guanidine groups is 1. The molecular weight excluding hydrogens is 375 g/mol. The minimum Gasteiger partial charge on any atom is -0.357 e. The van der Waals surface area contributed by atoms with Crippen LogP contribution in [-0.4, -0.2) is 43.0 Å². The van der Waals surface area contributed by atoms with Gasteiger partial charge in [-0.2, -0.15) is 13.2 Å². The number of nitrogens with zero attached hydrogens (tertiary/aromatic N) is 3. The lowest BCUT2D eigenvalue weighted by molar-refractivity contribution is -0.140. The number of halogens is 3. The highest BCUT2D eigenvalue weighted by Gasteiger charge is 2.33. The van der Waals surface area contributed by atoms with Gasteiger partial charge in [0.25, 0.3) is 0 Å². The first-order valence-corrected chi connectivity index (χ1v) is 9.44. The number of aliphatic imine (C=N–C) groups is 1. The highest BCUT2D eigenvalue weighted by atomic mass is 32.1. The van der Waals surface area contributed by atoms with E-state index in [0.717, 1.165) is 16.7 Å². The molecule has 0 fully saturated rings. The highest BCUT2D eigenvalue weighted by Crippen LogP contribution is 2.30. The van der Waals surface area contributed by atoms with Gasteiger partial charge >= 0.3 is 6.18 Å². The van der Waals surface area contributed by atoms with Crippen molar-refractivity contribution in [3.05, 3.63) is 52.0 Å². The van der Waals surface area contributed by atoms with E-state index < -0.39 is 11.9 Å². The van der Waals surface area contributed by atoms with Crippen molar-refractivity contribution >= 4 is 17.3 Å². The lowest BCUT2D eigenvalue weighted by Crippen LogP contribution is -2.41. The Morgan fingerprint density at radius 3 is 2.48 bits per heavy atom. The van der Waals surface area contributed by atoms with Gasteiger partial charge in [-0.15, -0.1) is 11.3 Å². The van der Waals surface area contributed by atoms with Gasteiger partial charge in [-0.1, -0.05) is 30.3 Å². The number of nitrogens with one attached hydrogen (secondary N) is 2. The van der Waals surface area contributed by atoms with Gasteiger partial charge < -0.3 is 15.5 Å². The molecule has 0 aliphatic heterocycles. The molecule has 27 heavy (non-hydrogen) atoms. The molecule has 2 rings (SSSR count). The van der Waals surface area contributed by atoms with Crippen molar-refractivity contribution in [2.24, 2.45) is 4.99 Å². The van der Waals surface area contributed by atoms with Crippen LogP contribution in [0.4, 0.5) is 13.2 Å². The molecule has 1 atom stereocenters. The second-order valence-corrected chi connectivity index (χ2v) is 7.03. The molecule has 2 N–H and O–H groups in total. The number of thiazole rings is 1. The maximum Gasteiger partial charge on any atom is 0.434 e. The molecule has 148 valence electrons. The second kappa shape index (κ2) is 9.70. The van der Waals surface area contributed by atoms with Gasteiger partial charge in [0, 0.05) is 18.5 Å². The second-order valence-electron chi connectivity index (χ2n) is 6.09. The molecular formula is C18H24F3N5S. The molecule has 1 aromatic heterocycles. The summed E-state index contributed by atoms with van der Waals surface area (Å²) >= 11 is 0.961. The quantitative estimate of drug-likeness (QED) is 0.553. The SMILES string of the molecule is CCNC(=NCc1nc(C(F)(F)F)cs1)NCC(c1ccccc1)N(C)C. The van der Waals surface area contributed by atoms with Crippen LogP contribution in [0.5, 0.6) is 0 Å². The summed E-state index contributed by atoms with van der Waals surface area (Å²) in [5, 5.41) is 7.71. The van der Waals surface area contributed by atoms with E-state index in [1.807, 2.05) is 39.2 Å². The van der Waals surface area contributed by atoms with Gasteiger partial charge in [-0.05, 0) is 26.6 Å². The van der Waals surface area contributed by atoms with Crippen molar-refractivity contribution in [3.8, 4) is 0 Å². The van der Waals surface area contributed by atoms with E-state index in [-0.39, 0.29) is 12.6 Å². The molecule has 1 unspecified atom stereocenters. The monoisotopic (exact) mass is 399 g/mol. The average Bonchev–Trinajstić information content (AvgIpc) is 3.10. The summed E-state index contributed by atoms with van der Waals surface area (Å²) < 4.78 is 37.9. The number of aromatic nitrogens is 1. The summed E-state index contributed by atoms with van der Waals surface area (Å²) in [6.45, 7) is 3.28. The predicted molar refractivity (Wildman–Crippen MR) is 103 cm³/mol. The third-order valence-electron chi connectivity index (χ3n) is 3.83. The molecule has 1 heterocycles. The van der Waals surface area contributed by atoms with Gasteiger partial charge in [-0.3, -0.25) is 0 Å². The van der Waals surface area contributed by atoms with Crippen LogP contribution in [0.15, 0.2) is 40.7 Å². The molecule has 0 saturated carbocycles. The number of likely N-dealkylation sites (N-methyl/N-ethyl adjacent to an activating group) is 1. The average molecular weight is 399 g/mol. The third-order valence-corrected chi connectivity index (χ3v) is 4.66. The van der Waals surface area contributed by atoms with E-state index in [1.54, 1.807) is 0 Å². The summed E-state index contributed by atoms with van der Waals surface area (Å²) in [5.74, 6) is 0.545. The number of alkyl halides is 3. The van der Waals surface area contributed by atoms with Crippen LogP contribution in [0.2, 0.25) is 0 Å². The van der Waals surface area contributed by atoms with Crippen LogP contribution in [-0.2, 0) is 12.7 Å². The van der Waals surface area contributed by atoms with E-state index >= 15 is 0 Å². The molecule has 5 nitrogen and oxygen atoms in total. The minimum atomic E-state index is -4.42. The molecule has 9 heteroatoms. The van der Waals surface area contributed by atoms with Crippen molar-refractivity contribution in [1.29, 1.82) is 0 Å². The summed E-state index contributed by atoms with van der Waals surface area (Å²) in [5.41, 5.74) is 0.299. The molecule has 2 aromatic rings. The zero-order valence-electron chi connectivity index (χ0n) is 15.5. The van der Waals surface area contributed by atoms with Gasteiger partial charge in [0.15, 0.2) is 11.7 Å². The fourth-order valence-corrected chi connectivity index (χ4v) is 3.19. The summed E-state index contributed by atoms with van der Waals surface area (Å²) in [7, 11) is 4.00. The lowest BCUT2D eigenvalue weighted by atomic mass is 10.1. The van der Waals surface area contributed by atoms with E-state index in [4.69, 9.17) is 0 Å². The molecule has 0 aliphatic carbocycles. The van der Waals surface area contributed by atoms with Crippen molar-refractivity contribution in [1.82, 2.24) is 20.5 Å². The Balaban J connectivity index is 2.03. The topological polar surface area (TPSA) is 52.6 Å². The zero-order valence-corrected chi connectivity index (χ0v) is 16.4. The molecule has 0 aliphatic rings. The van der Waals surface area contributed by atoms with Crippen LogP contribution in [0, 0.1) is 0 Å². The third kappa shape index (κ3) is 6.51. The van der Waals surface area contributed by atoms with E-state index in [2.05, 4.69) is 37.6 Å². The van der Waals surface area contributed by atoms with Crippen molar-refractivity contribution in [2.75, 3.05) is 27.2 Å². The summed E-state index contributed by atoms with van der Waals surface area (Å²) in [4.78, 5) is 10.1. The summed E-state index contributed by atoms with van der Waals surface area (Å²) in [6, 6.07) is 10.2. The van der Waals surface area contributed by atoms with Crippen molar-refractivity contribution < 1.29 is 13.2 Å². The predicted octanol–water partition coefficient (Wildman–Crippen LogP) is 3.52. The zero-order chi connectivity index (χ0) is 19.9. The fourth-order valence-electron chi connectivity index (χ4n) is 2.47. The summed E-state index contributed by atoms with van der Waals surface area (Å²) in [6.07, 6.45) is -4.42. The van der Waals surface area contributed by atoms with Gasteiger partial charge in [0.2, 0.25) is 0 Å². The number of rotatable bonds is 7. The van der Waals surface area contributed by atoms with E-state index in [1.165, 1.54) is 5.56 Å². The van der Waals surface area contributed by atoms with Crippen LogP contribution < -0.4 is 10.6 Å². The Hall–Kier alpha value is -2.13. The Morgan fingerprint density at radius 1 is 1.22 bits per heavy atom. The molecule has 0 saturated heterocycles. The molecule has 0 spiro atoms. The largest absolute Gasteiger partial charge is 0.434 e. The normalized spacial score (nSPS) is 13.7. The van der Waals surface area contributed by atoms with Crippen molar-refractivity contribution in [3.63, 3.8) is 0 Å². The highest BCUT2D eigenvalue weighted by molar-refractivity contribution is 7.09.